The van der Waals surface area contributed by atoms with E-state index in [1.54, 1.807) is 28.8 Å². The number of aliphatic hydroxyl groups excluding tert-OH is 1. The number of aliphatic hydroxyl groups is 1. The van der Waals surface area contributed by atoms with Gasteiger partial charge in [-0.15, -0.1) is 0 Å². The number of H-pyrrole nitrogens is 1. The fourth-order valence-corrected chi connectivity index (χ4v) is 6.91. The van der Waals surface area contributed by atoms with E-state index in [4.69, 9.17) is 36.1 Å². The van der Waals surface area contributed by atoms with Crippen LogP contribution in [-0.2, 0) is 34.0 Å². The van der Waals surface area contributed by atoms with Crippen LogP contribution < -0.4 is 20.6 Å². The third-order valence-corrected chi connectivity index (χ3v) is 9.58. The molecule has 1 aliphatic rings. The second-order valence-corrected chi connectivity index (χ2v) is 12.9. The first-order chi connectivity index (χ1) is 20.4. The number of halogens is 1. The molecule has 5 rings (SSSR count). The summed E-state index contributed by atoms with van der Waals surface area (Å²) < 4.78 is 54.8. The zero-order chi connectivity index (χ0) is 30.9. The van der Waals surface area contributed by atoms with Gasteiger partial charge in [-0.05, 0) is 24.3 Å². The van der Waals surface area contributed by atoms with Gasteiger partial charge in [0, 0.05) is 24.5 Å². The molecule has 0 saturated carbocycles. The van der Waals surface area contributed by atoms with Crippen LogP contribution in [0.2, 0.25) is 5.02 Å². The van der Waals surface area contributed by atoms with E-state index in [0.29, 0.717) is 15.1 Å². The molecule has 1 saturated heterocycles. The second-order valence-electron chi connectivity index (χ2n) is 9.18. The van der Waals surface area contributed by atoms with E-state index in [-0.39, 0.29) is 30.3 Å². The van der Waals surface area contributed by atoms with Crippen LogP contribution >= 0.6 is 27.2 Å². The first-order valence-electron chi connectivity index (χ1n) is 12.4. The van der Waals surface area contributed by atoms with Crippen molar-refractivity contribution in [2.75, 3.05) is 26.1 Å². The molecule has 0 spiro atoms. The van der Waals surface area contributed by atoms with E-state index in [2.05, 4.69) is 19.3 Å². The molecule has 6 atom stereocenters. The molecule has 1 fully saturated rings. The van der Waals surface area contributed by atoms with Gasteiger partial charge in [0.05, 0.1) is 6.61 Å². The van der Waals surface area contributed by atoms with Crippen molar-refractivity contribution in [1.29, 1.82) is 0 Å². The summed E-state index contributed by atoms with van der Waals surface area (Å²) in [7, 11) is -8.67. The van der Waals surface area contributed by atoms with Gasteiger partial charge in [-0.2, -0.15) is 4.31 Å². The third kappa shape index (κ3) is 6.84. The quantitative estimate of drug-likeness (QED) is 0.103. The molecule has 1 aromatic carbocycles. The van der Waals surface area contributed by atoms with Crippen LogP contribution in [0.15, 0.2) is 54.1 Å². The SMILES string of the molecule is CO[C@@H]1[C@H](O)[C@@H](COP(=O)(O)OP(=O)(O)n2ccnc2)O[C@H]1[n+]1cn(CCOc2ccc(Cl)cc2)c2c(=O)[nH]c(N)nc21. The Kier molecular flexibility index (Phi) is 9.06. The van der Waals surface area contributed by atoms with Gasteiger partial charge in [0.15, 0.2) is 6.33 Å². The number of rotatable bonds is 12. The van der Waals surface area contributed by atoms with Crippen LogP contribution in [0.25, 0.3) is 11.2 Å². The van der Waals surface area contributed by atoms with Gasteiger partial charge >= 0.3 is 21.2 Å². The number of phosphoric acid groups is 1. The van der Waals surface area contributed by atoms with Crippen molar-refractivity contribution in [1.82, 2.24) is 23.9 Å². The maximum atomic E-state index is 12.9. The minimum atomic E-state index is -5.14. The molecule has 0 radical (unpaired) electrons. The van der Waals surface area contributed by atoms with Crippen molar-refractivity contribution in [2.24, 2.45) is 0 Å². The van der Waals surface area contributed by atoms with Crippen LogP contribution in [0.4, 0.5) is 5.95 Å². The van der Waals surface area contributed by atoms with Crippen molar-refractivity contribution in [3.8, 4) is 5.75 Å². The predicted molar refractivity (Wildman–Crippen MR) is 147 cm³/mol. The molecule has 1 aliphatic heterocycles. The number of hydrogen-bond donors (Lipinski definition) is 5. The Hall–Kier alpha value is -3.15. The minimum Gasteiger partial charge on any atom is -0.490 e. The molecule has 4 heterocycles. The van der Waals surface area contributed by atoms with Crippen LogP contribution in [0.5, 0.6) is 5.75 Å². The van der Waals surface area contributed by atoms with Gasteiger partial charge in [0.25, 0.3) is 11.5 Å². The molecule has 0 aliphatic carbocycles. The summed E-state index contributed by atoms with van der Waals surface area (Å²) in [5, 5.41) is 11.5. The molecule has 21 heteroatoms. The van der Waals surface area contributed by atoms with E-state index in [1.165, 1.54) is 24.2 Å². The Bertz CT molecular complexity index is 1730. The standard InChI is InChI=1S/C22H26ClN7O11P2/c1-37-18-17(31)15(10-39-43(35,36)41-42(33,34)29-7-6-25-11-29)40-21(18)30-12-28(16-19(30)26-22(24)27-20(16)32)8-9-38-14-4-2-13(23)3-5-14/h2-7,11-12,15,17-18,21,31H,8-10H2,1H3,(H4-,24,26,27,32,33,34,35,36)/p+1/t15-,17-,18-,21-/m1/s1. The maximum absolute atomic E-state index is 12.9. The van der Waals surface area contributed by atoms with Gasteiger partial charge in [-0.25, -0.2) is 23.0 Å². The van der Waals surface area contributed by atoms with E-state index in [1.807, 2.05) is 0 Å². The van der Waals surface area contributed by atoms with E-state index in [0.717, 1.165) is 12.5 Å². The summed E-state index contributed by atoms with van der Waals surface area (Å²) in [6, 6.07) is 6.73. The van der Waals surface area contributed by atoms with Gasteiger partial charge in [-0.3, -0.25) is 18.9 Å². The summed E-state index contributed by atoms with van der Waals surface area (Å²) in [6.45, 7) is -0.421. The third-order valence-electron chi connectivity index (χ3n) is 6.36. The Morgan fingerprint density at radius 1 is 1.26 bits per heavy atom. The number of nitrogen functional groups attached to an aromatic ring is 1. The smallest absolute Gasteiger partial charge is 0.480 e. The van der Waals surface area contributed by atoms with E-state index < -0.39 is 52.3 Å². The summed E-state index contributed by atoms with van der Waals surface area (Å²) in [6.07, 6.45) is -0.287. The zero-order valence-corrected chi connectivity index (χ0v) is 24.8. The number of nitrogens with two attached hydrogens (primary N) is 1. The van der Waals surface area contributed by atoms with Gasteiger partial charge in [-0.1, -0.05) is 16.6 Å². The van der Waals surface area contributed by atoms with E-state index in [9.17, 15) is 28.8 Å². The molecule has 6 N–H and O–H groups in total. The Morgan fingerprint density at radius 2 is 2.00 bits per heavy atom. The molecule has 4 aromatic rings. The highest BCUT2D eigenvalue weighted by atomic mass is 35.5. The predicted octanol–water partition coefficient (Wildman–Crippen LogP) is 0.579. The molecular formula is C22H27ClN7O11P2+. The van der Waals surface area contributed by atoms with Gasteiger partial charge in [0.1, 0.15) is 43.5 Å². The average molecular weight is 663 g/mol. The number of imidazole rings is 2. The maximum Gasteiger partial charge on any atom is 0.480 e. The van der Waals surface area contributed by atoms with Crippen molar-refractivity contribution >= 4 is 44.3 Å². The number of phosphoric ester groups is 1. The topological polar surface area (TPSA) is 239 Å². The Labute approximate surface area is 247 Å². The number of aromatic nitrogens is 6. The number of nitrogens with one attached hydrogen (secondary N) is 1. The largest absolute Gasteiger partial charge is 0.490 e. The number of methoxy groups -OCH3 is 1. The minimum absolute atomic E-state index is 0.0891. The first-order valence-corrected chi connectivity index (χ1v) is 15.8. The molecule has 232 valence electrons. The first kappa shape index (κ1) is 31.3. The highest BCUT2D eigenvalue weighted by Gasteiger charge is 2.49. The van der Waals surface area contributed by atoms with Crippen molar-refractivity contribution in [3.63, 3.8) is 0 Å². The van der Waals surface area contributed by atoms with Crippen LogP contribution in [-0.4, -0.2) is 77.4 Å². The molecular weight excluding hydrogens is 636 g/mol. The van der Waals surface area contributed by atoms with Crippen LogP contribution in [0.1, 0.15) is 6.23 Å². The van der Waals surface area contributed by atoms with Crippen molar-refractivity contribution < 1.29 is 51.6 Å². The van der Waals surface area contributed by atoms with Gasteiger partial charge in [0.2, 0.25) is 11.7 Å². The lowest BCUT2D eigenvalue weighted by Gasteiger charge is -2.19. The summed E-state index contributed by atoms with van der Waals surface area (Å²) in [5.74, 6) is 0.376. The molecule has 18 nitrogen and oxygen atoms in total. The number of nitrogens with zero attached hydrogens (tertiary/aromatic N) is 5. The van der Waals surface area contributed by atoms with Crippen molar-refractivity contribution in [2.45, 2.75) is 31.1 Å². The average Bonchev–Trinajstić information content (AvgIpc) is 3.67. The number of benzene rings is 1. The molecule has 2 unspecified atom stereocenters. The van der Waals surface area contributed by atoms with Crippen LogP contribution in [0.3, 0.4) is 0 Å². The fourth-order valence-electron chi connectivity index (χ4n) is 4.43. The Morgan fingerprint density at radius 3 is 2.67 bits per heavy atom. The zero-order valence-electron chi connectivity index (χ0n) is 22.2. The fraction of sp³-hybridized carbons (Fsp3) is 0.364. The highest BCUT2D eigenvalue weighted by molar-refractivity contribution is 7.63. The molecule has 3 aromatic heterocycles. The Balaban J connectivity index is 1.35. The number of fused-ring (bicyclic) bond motifs is 1. The number of anilines is 1. The number of hydrogen-bond acceptors (Lipinski definition) is 12. The molecule has 0 amide bonds. The van der Waals surface area contributed by atoms with Crippen molar-refractivity contribution in [3.05, 3.63) is 64.7 Å². The lowest BCUT2D eigenvalue weighted by molar-refractivity contribution is -0.746. The normalized spacial score (nSPS) is 23.3. The number of aromatic amines is 1. The lowest BCUT2D eigenvalue weighted by Crippen LogP contribution is -2.47. The summed E-state index contributed by atoms with van der Waals surface area (Å²) in [5.41, 5.74) is 5.46. The monoisotopic (exact) mass is 662 g/mol. The summed E-state index contributed by atoms with van der Waals surface area (Å²) in [4.78, 5) is 43.2. The lowest BCUT2D eigenvalue weighted by atomic mass is 10.1. The van der Waals surface area contributed by atoms with E-state index >= 15 is 0 Å². The van der Waals surface area contributed by atoms with Crippen LogP contribution in [0, 0.1) is 0 Å². The number of ether oxygens (including phenoxy) is 3. The molecule has 43 heavy (non-hydrogen) atoms. The highest BCUT2D eigenvalue weighted by Crippen LogP contribution is 2.60. The van der Waals surface area contributed by atoms with Gasteiger partial charge < -0.3 is 34.8 Å². The summed E-state index contributed by atoms with van der Waals surface area (Å²) >= 11 is 5.91. The second kappa shape index (κ2) is 12.5. The molecule has 0 bridgehead atoms.